The lowest BCUT2D eigenvalue weighted by Gasteiger charge is -2.18. The van der Waals surface area contributed by atoms with Crippen molar-refractivity contribution in [3.05, 3.63) is 59.2 Å². The van der Waals surface area contributed by atoms with Gasteiger partial charge in [0.25, 0.3) is 0 Å². The average Bonchev–Trinajstić information content (AvgIpc) is 2.66. The number of hydrogen-bond donors (Lipinski definition) is 1. The molecule has 2 aromatic carbocycles. The fourth-order valence-electron chi connectivity index (χ4n) is 3.24. The molecular weight excluding hydrogens is 372 g/mol. The van der Waals surface area contributed by atoms with Gasteiger partial charge in [-0.15, -0.1) is 0 Å². The lowest BCUT2D eigenvalue weighted by atomic mass is 9.97. The number of hydrogen-bond acceptors (Lipinski definition) is 4. The second-order valence-corrected chi connectivity index (χ2v) is 9.05. The zero-order valence-electron chi connectivity index (χ0n) is 17.3. The Labute approximate surface area is 168 Å². The van der Waals surface area contributed by atoms with Crippen LogP contribution in [-0.4, -0.2) is 38.1 Å². The lowest BCUT2D eigenvalue weighted by Crippen LogP contribution is -2.30. The Morgan fingerprint density at radius 1 is 1.04 bits per heavy atom. The second-order valence-electron chi connectivity index (χ2n) is 7.12. The van der Waals surface area contributed by atoms with Gasteiger partial charge in [-0.2, -0.15) is 4.31 Å². The van der Waals surface area contributed by atoms with Crippen molar-refractivity contribution in [3.63, 3.8) is 0 Å². The van der Waals surface area contributed by atoms with Crippen LogP contribution in [0.15, 0.2) is 47.4 Å². The molecule has 0 unspecified atom stereocenters. The molecule has 0 saturated heterocycles. The van der Waals surface area contributed by atoms with Gasteiger partial charge in [0.15, 0.2) is 5.78 Å². The minimum atomic E-state index is -3.51. The first-order valence-corrected chi connectivity index (χ1v) is 11.1. The van der Waals surface area contributed by atoms with E-state index >= 15 is 0 Å². The van der Waals surface area contributed by atoms with Gasteiger partial charge in [-0.3, -0.25) is 4.79 Å². The second kappa shape index (κ2) is 9.34. The van der Waals surface area contributed by atoms with Crippen LogP contribution >= 0.6 is 0 Å². The Morgan fingerprint density at radius 2 is 1.64 bits per heavy atom. The Bertz CT molecular complexity index is 915. The predicted molar refractivity (Wildman–Crippen MR) is 115 cm³/mol. The van der Waals surface area contributed by atoms with Crippen molar-refractivity contribution < 1.29 is 13.2 Å². The van der Waals surface area contributed by atoms with Gasteiger partial charge in [0, 0.05) is 24.3 Å². The van der Waals surface area contributed by atoms with Crippen LogP contribution in [0.25, 0.3) is 0 Å². The van der Waals surface area contributed by atoms with E-state index in [-0.39, 0.29) is 17.2 Å². The molecule has 0 aliphatic rings. The summed E-state index contributed by atoms with van der Waals surface area (Å²) in [6, 6.07) is 12.3. The van der Waals surface area contributed by atoms with Crippen molar-refractivity contribution in [2.75, 3.05) is 25.0 Å². The summed E-state index contributed by atoms with van der Waals surface area (Å²) >= 11 is 0. The first-order valence-electron chi connectivity index (χ1n) is 9.68. The zero-order valence-corrected chi connectivity index (χ0v) is 18.1. The van der Waals surface area contributed by atoms with Crippen LogP contribution < -0.4 is 5.32 Å². The molecule has 0 bridgehead atoms. The maximum atomic E-state index is 12.5. The van der Waals surface area contributed by atoms with Crippen molar-refractivity contribution in [2.45, 2.75) is 45.4 Å². The monoisotopic (exact) mass is 402 g/mol. The van der Waals surface area contributed by atoms with E-state index < -0.39 is 10.0 Å². The molecule has 0 spiro atoms. The maximum Gasteiger partial charge on any atom is 0.243 e. The number of nitrogens with one attached hydrogen (secondary N) is 1. The molecule has 6 heteroatoms. The van der Waals surface area contributed by atoms with E-state index in [0.717, 1.165) is 5.69 Å². The normalized spacial score (nSPS) is 11.8. The molecule has 0 aromatic heterocycles. The summed E-state index contributed by atoms with van der Waals surface area (Å²) in [5, 5.41) is 3.16. The molecule has 152 valence electrons. The van der Waals surface area contributed by atoms with Crippen molar-refractivity contribution >= 4 is 21.5 Å². The number of carbonyl (C=O) groups is 1. The van der Waals surface area contributed by atoms with Gasteiger partial charge < -0.3 is 5.32 Å². The van der Waals surface area contributed by atoms with Crippen molar-refractivity contribution in [2.24, 2.45) is 0 Å². The van der Waals surface area contributed by atoms with E-state index in [2.05, 4.69) is 32.2 Å². The molecule has 2 aromatic rings. The van der Waals surface area contributed by atoms with E-state index in [1.807, 2.05) is 12.1 Å². The molecule has 0 heterocycles. The van der Waals surface area contributed by atoms with Gasteiger partial charge in [0.2, 0.25) is 10.0 Å². The van der Waals surface area contributed by atoms with E-state index in [0.29, 0.717) is 24.6 Å². The standard InChI is InChI=1S/C22H30N2O3S/c1-6-24(7-2)28(26,27)20-11-8-18(9-12-20)22(25)15-23-19-10-13-21(16(3)4)17(5)14-19/h8-14,16,23H,6-7,15H2,1-5H3. The Morgan fingerprint density at radius 3 is 2.14 bits per heavy atom. The third kappa shape index (κ3) is 5.00. The predicted octanol–water partition coefficient (Wildman–Crippen LogP) is 4.44. The Hall–Kier alpha value is -2.18. The van der Waals surface area contributed by atoms with Crippen LogP contribution in [0, 0.1) is 6.92 Å². The van der Waals surface area contributed by atoms with Gasteiger partial charge in [0.1, 0.15) is 0 Å². The minimum Gasteiger partial charge on any atom is -0.378 e. The summed E-state index contributed by atoms with van der Waals surface area (Å²) in [4.78, 5) is 12.7. The molecule has 0 fully saturated rings. The average molecular weight is 403 g/mol. The molecule has 0 saturated carbocycles. The topological polar surface area (TPSA) is 66.5 Å². The molecule has 0 amide bonds. The highest BCUT2D eigenvalue weighted by Gasteiger charge is 2.21. The Balaban J connectivity index is 2.07. The molecule has 28 heavy (non-hydrogen) atoms. The SMILES string of the molecule is CCN(CC)S(=O)(=O)c1ccc(C(=O)CNc2ccc(C(C)C)c(C)c2)cc1. The molecule has 2 rings (SSSR count). The molecule has 5 nitrogen and oxygen atoms in total. The molecule has 0 atom stereocenters. The number of ketones is 1. The molecule has 0 radical (unpaired) electrons. The van der Waals surface area contributed by atoms with E-state index in [4.69, 9.17) is 0 Å². The summed E-state index contributed by atoms with van der Waals surface area (Å²) in [5.74, 6) is 0.374. The first-order chi connectivity index (χ1) is 13.2. The highest BCUT2D eigenvalue weighted by molar-refractivity contribution is 7.89. The number of anilines is 1. The highest BCUT2D eigenvalue weighted by Crippen LogP contribution is 2.22. The van der Waals surface area contributed by atoms with Gasteiger partial charge in [-0.1, -0.05) is 33.8 Å². The van der Waals surface area contributed by atoms with Crippen LogP contribution in [0.5, 0.6) is 0 Å². The number of benzene rings is 2. The molecule has 0 aliphatic heterocycles. The minimum absolute atomic E-state index is 0.0858. The third-order valence-electron chi connectivity index (χ3n) is 4.86. The van der Waals surface area contributed by atoms with Crippen LogP contribution in [0.2, 0.25) is 0 Å². The number of aryl methyl sites for hydroxylation is 1. The van der Waals surface area contributed by atoms with Crippen LogP contribution in [0.1, 0.15) is 55.1 Å². The van der Waals surface area contributed by atoms with Crippen molar-refractivity contribution in [3.8, 4) is 0 Å². The van der Waals surface area contributed by atoms with Gasteiger partial charge in [-0.25, -0.2) is 8.42 Å². The number of sulfonamides is 1. The number of Topliss-reactive ketones (excluding diaryl/α,β-unsaturated/α-hetero) is 1. The van der Waals surface area contributed by atoms with Gasteiger partial charge in [-0.05, 0) is 60.4 Å². The van der Waals surface area contributed by atoms with Crippen LogP contribution in [0.3, 0.4) is 0 Å². The molecule has 0 aliphatic carbocycles. The van der Waals surface area contributed by atoms with Crippen LogP contribution in [-0.2, 0) is 10.0 Å². The summed E-state index contributed by atoms with van der Waals surface area (Å²) in [6.45, 7) is 11.0. The van der Waals surface area contributed by atoms with E-state index in [9.17, 15) is 13.2 Å². The number of nitrogens with zero attached hydrogens (tertiary/aromatic N) is 1. The van der Waals surface area contributed by atoms with Gasteiger partial charge in [0.05, 0.1) is 11.4 Å². The maximum absolute atomic E-state index is 12.5. The summed E-state index contributed by atoms with van der Waals surface area (Å²) in [6.07, 6.45) is 0. The van der Waals surface area contributed by atoms with E-state index in [1.165, 1.54) is 27.6 Å². The third-order valence-corrected chi connectivity index (χ3v) is 6.93. The fraction of sp³-hybridized carbons (Fsp3) is 0.409. The quantitative estimate of drug-likeness (QED) is 0.630. The molecule has 1 N–H and O–H groups in total. The van der Waals surface area contributed by atoms with Gasteiger partial charge >= 0.3 is 0 Å². The summed E-state index contributed by atoms with van der Waals surface area (Å²) in [5.41, 5.74) is 3.87. The first kappa shape index (κ1) is 22.1. The van der Waals surface area contributed by atoms with Crippen molar-refractivity contribution in [1.29, 1.82) is 0 Å². The summed E-state index contributed by atoms with van der Waals surface area (Å²) in [7, 11) is -3.51. The highest BCUT2D eigenvalue weighted by atomic mass is 32.2. The lowest BCUT2D eigenvalue weighted by molar-refractivity contribution is 0.101. The summed E-state index contributed by atoms with van der Waals surface area (Å²) < 4.78 is 26.4. The fourth-order valence-corrected chi connectivity index (χ4v) is 4.70. The zero-order chi connectivity index (χ0) is 20.9. The number of carbonyl (C=O) groups excluding carboxylic acids is 1. The number of rotatable bonds is 9. The Kier molecular flexibility index (Phi) is 7.38. The largest absolute Gasteiger partial charge is 0.378 e. The molecular formula is C22H30N2O3S. The van der Waals surface area contributed by atoms with Crippen LogP contribution in [0.4, 0.5) is 5.69 Å². The van der Waals surface area contributed by atoms with Crippen molar-refractivity contribution in [1.82, 2.24) is 4.31 Å². The smallest absolute Gasteiger partial charge is 0.243 e. The van der Waals surface area contributed by atoms with E-state index in [1.54, 1.807) is 26.0 Å².